The second kappa shape index (κ2) is 7.21. The van der Waals surface area contributed by atoms with Gasteiger partial charge in [0.15, 0.2) is 0 Å². The number of benzene rings is 1. The Kier molecular flexibility index (Phi) is 5.22. The minimum Gasteiger partial charge on any atom is -0.352 e. The molecule has 2 saturated heterocycles. The first-order valence-corrected chi connectivity index (χ1v) is 10.0. The molecular formula is C17H25N3O3S. The number of rotatable bonds is 4. The number of nitrogens with one attached hydrogen (secondary N) is 2. The highest BCUT2D eigenvalue weighted by Gasteiger charge is 2.40. The molecule has 0 radical (unpaired) electrons. The average Bonchev–Trinajstić information content (AvgIpc) is 3.06. The highest BCUT2D eigenvalue weighted by atomic mass is 32.2. The minimum atomic E-state index is -3.62. The zero-order chi connectivity index (χ0) is 17.2. The van der Waals surface area contributed by atoms with Gasteiger partial charge in [0, 0.05) is 18.6 Å². The molecule has 0 bridgehead atoms. The van der Waals surface area contributed by atoms with E-state index < -0.39 is 16.1 Å². The Labute approximate surface area is 143 Å². The van der Waals surface area contributed by atoms with E-state index in [1.54, 1.807) is 30.3 Å². The summed E-state index contributed by atoms with van der Waals surface area (Å²) >= 11 is 0. The second-order valence-corrected chi connectivity index (χ2v) is 8.56. The van der Waals surface area contributed by atoms with Crippen LogP contribution in [0.25, 0.3) is 0 Å². The SMILES string of the molecule is CC1CC(NC(=O)C2CCCN2S(=O)(=O)c2ccccc2)CCN1. The summed E-state index contributed by atoms with van der Waals surface area (Å²) in [4.78, 5) is 12.9. The van der Waals surface area contributed by atoms with Crippen LogP contribution in [0.5, 0.6) is 0 Å². The van der Waals surface area contributed by atoms with E-state index in [0.717, 1.165) is 19.4 Å². The molecule has 6 nitrogen and oxygen atoms in total. The molecule has 24 heavy (non-hydrogen) atoms. The van der Waals surface area contributed by atoms with E-state index in [1.807, 2.05) is 0 Å². The summed E-state index contributed by atoms with van der Waals surface area (Å²) in [6.07, 6.45) is 3.06. The van der Waals surface area contributed by atoms with Crippen LogP contribution in [0.3, 0.4) is 0 Å². The van der Waals surface area contributed by atoms with Crippen molar-refractivity contribution in [2.45, 2.75) is 55.6 Å². The topological polar surface area (TPSA) is 78.5 Å². The third kappa shape index (κ3) is 3.63. The lowest BCUT2D eigenvalue weighted by Gasteiger charge is -2.31. The van der Waals surface area contributed by atoms with Crippen LogP contribution in [0.1, 0.15) is 32.6 Å². The van der Waals surface area contributed by atoms with Gasteiger partial charge in [-0.15, -0.1) is 0 Å². The summed E-state index contributed by atoms with van der Waals surface area (Å²) in [6.45, 7) is 3.38. The molecule has 3 unspecified atom stereocenters. The fourth-order valence-electron chi connectivity index (χ4n) is 3.58. The number of piperidine rings is 1. The van der Waals surface area contributed by atoms with Gasteiger partial charge >= 0.3 is 0 Å². The Morgan fingerprint density at radius 3 is 2.71 bits per heavy atom. The molecule has 2 aliphatic heterocycles. The van der Waals surface area contributed by atoms with Gasteiger partial charge in [0.1, 0.15) is 6.04 Å². The Bertz CT molecular complexity index is 678. The molecule has 2 fully saturated rings. The van der Waals surface area contributed by atoms with Crippen LogP contribution in [0.15, 0.2) is 35.2 Å². The number of carbonyl (C=O) groups excluding carboxylic acids is 1. The predicted molar refractivity (Wildman–Crippen MR) is 92.0 cm³/mol. The molecule has 1 aromatic carbocycles. The molecule has 0 aromatic heterocycles. The summed E-state index contributed by atoms with van der Waals surface area (Å²) in [5.41, 5.74) is 0. The summed E-state index contributed by atoms with van der Waals surface area (Å²) in [6, 6.07) is 8.25. The first-order chi connectivity index (χ1) is 11.5. The van der Waals surface area contributed by atoms with Gasteiger partial charge in [-0.1, -0.05) is 18.2 Å². The van der Waals surface area contributed by atoms with Gasteiger partial charge < -0.3 is 10.6 Å². The van der Waals surface area contributed by atoms with Gasteiger partial charge in [0.25, 0.3) is 0 Å². The van der Waals surface area contributed by atoms with Crippen molar-refractivity contribution < 1.29 is 13.2 Å². The van der Waals surface area contributed by atoms with E-state index in [9.17, 15) is 13.2 Å². The lowest BCUT2D eigenvalue weighted by atomic mass is 10.0. The number of nitrogens with zero attached hydrogens (tertiary/aromatic N) is 1. The van der Waals surface area contributed by atoms with Gasteiger partial charge in [-0.2, -0.15) is 4.31 Å². The molecule has 0 spiro atoms. The Balaban J connectivity index is 1.72. The quantitative estimate of drug-likeness (QED) is 0.851. The zero-order valence-electron chi connectivity index (χ0n) is 13.9. The highest BCUT2D eigenvalue weighted by molar-refractivity contribution is 7.89. The molecule has 0 saturated carbocycles. The Morgan fingerprint density at radius 2 is 2.00 bits per heavy atom. The van der Waals surface area contributed by atoms with Crippen LogP contribution in [0.2, 0.25) is 0 Å². The molecule has 0 aliphatic carbocycles. The van der Waals surface area contributed by atoms with E-state index in [0.29, 0.717) is 25.4 Å². The molecule has 1 aromatic rings. The van der Waals surface area contributed by atoms with Crippen molar-refractivity contribution in [3.63, 3.8) is 0 Å². The molecule has 3 rings (SSSR count). The van der Waals surface area contributed by atoms with Crippen molar-refractivity contribution in [2.24, 2.45) is 0 Å². The third-order valence-corrected chi connectivity index (χ3v) is 6.75. The van der Waals surface area contributed by atoms with Crippen LogP contribution in [-0.2, 0) is 14.8 Å². The van der Waals surface area contributed by atoms with Crippen LogP contribution < -0.4 is 10.6 Å². The fraction of sp³-hybridized carbons (Fsp3) is 0.588. The van der Waals surface area contributed by atoms with E-state index >= 15 is 0 Å². The fourth-order valence-corrected chi connectivity index (χ4v) is 5.26. The highest BCUT2D eigenvalue weighted by Crippen LogP contribution is 2.26. The smallest absolute Gasteiger partial charge is 0.243 e. The van der Waals surface area contributed by atoms with Gasteiger partial charge in [0.05, 0.1) is 4.90 Å². The largest absolute Gasteiger partial charge is 0.352 e. The van der Waals surface area contributed by atoms with Crippen molar-refractivity contribution in [1.82, 2.24) is 14.9 Å². The van der Waals surface area contributed by atoms with E-state index in [1.165, 1.54) is 4.31 Å². The molecular weight excluding hydrogens is 326 g/mol. The van der Waals surface area contributed by atoms with Crippen molar-refractivity contribution in [2.75, 3.05) is 13.1 Å². The summed E-state index contributed by atoms with van der Waals surface area (Å²) in [7, 11) is -3.62. The summed E-state index contributed by atoms with van der Waals surface area (Å²) < 4.78 is 27.0. The number of hydrogen-bond acceptors (Lipinski definition) is 4. The van der Waals surface area contributed by atoms with Crippen molar-refractivity contribution in [3.8, 4) is 0 Å². The summed E-state index contributed by atoms with van der Waals surface area (Å²) in [5, 5.41) is 6.41. The number of hydrogen-bond donors (Lipinski definition) is 2. The number of carbonyl (C=O) groups is 1. The van der Waals surface area contributed by atoms with Crippen molar-refractivity contribution in [1.29, 1.82) is 0 Å². The van der Waals surface area contributed by atoms with Crippen molar-refractivity contribution >= 4 is 15.9 Å². The lowest BCUT2D eigenvalue weighted by molar-refractivity contribution is -0.125. The monoisotopic (exact) mass is 351 g/mol. The molecule has 7 heteroatoms. The molecule has 3 atom stereocenters. The van der Waals surface area contributed by atoms with E-state index in [-0.39, 0.29) is 16.8 Å². The molecule has 1 amide bonds. The van der Waals surface area contributed by atoms with Gasteiger partial charge in [-0.25, -0.2) is 8.42 Å². The predicted octanol–water partition coefficient (Wildman–Crippen LogP) is 1.10. The van der Waals surface area contributed by atoms with Gasteiger partial charge in [-0.05, 0) is 51.3 Å². The first-order valence-electron chi connectivity index (χ1n) is 8.59. The molecule has 2 aliphatic rings. The molecule has 2 heterocycles. The number of amides is 1. The van der Waals surface area contributed by atoms with Crippen LogP contribution >= 0.6 is 0 Å². The van der Waals surface area contributed by atoms with Gasteiger partial charge in [-0.3, -0.25) is 4.79 Å². The van der Waals surface area contributed by atoms with Crippen LogP contribution in [0, 0.1) is 0 Å². The van der Waals surface area contributed by atoms with Crippen LogP contribution in [0.4, 0.5) is 0 Å². The maximum absolute atomic E-state index is 12.8. The maximum atomic E-state index is 12.8. The second-order valence-electron chi connectivity index (χ2n) is 6.67. The third-order valence-electron chi connectivity index (χ3n) is 4.83. The Hall–Kier alpha value is -1.44. The normalized spacial score (nSPS) is 28.6. The standard InChI is InChI=1S/C17H25N3O3S/c1-13-12-14(9-10-18-13)19-17(21)16-8-5-11-20(16)24(22,23)15-6-3-2-4-7-15/h2-4,6-7,13-14,16,18H,5,8-12H2,1H3,(H,19,21). The average molecular weight is 351 g/mol. The maximum Gasteiger partial charge on any atom is 0.243 e. The van der Waals surface area contributed by atoms with E-state index in [2.05, 4.69) is 17.6 Å². The number of sulfonamides is 1. The minimum absolute atomic E-state index is 0.121. The van der Waals surface area contributed by atoms with Crippen LogP contribution in [-0.4, -0.2) is 49.8 Å². The Morgan fingerprint density at radius 1 is 1.25 bits per heavy atom. The zero-order valence-corrected chi connectivity index (χ0v) is 14.8. The van der Waals surface area contributed by atoms with Gasteiger partial charge in [0.2, 0.25) is 15.9 Å². The summed E-state index contributed by atoms with van der Waals surface area (Å²) in [5.74, 6) is -0.161. The molecule has 132 valence electrons. The first kappa shape index (κ1) is 17.4. The van der Waals surface area contributed by atoms with E-state index in [4.69, 9.17) is 0 Å². The lowest BCUT2D eigenvalue weighted by Crippen LogP contribution is -2.52. The van der Waals surface area contributed by atoms with Crippen molar-refractivity contribution in [3.05, 3.63) is 30.3 Å². The molecule has 2 N–H and O–H groups in total.